The predicted molar refractivity (Wildman–Crippen MR) is 87.1 cm³/mol. The Bertz CT molecular complexity index is 656. The molecule has 0 heterocycles. The van der Waals surface area contributed by atoms with Gasteiger partial charge in [-0.2, -0.15) is 5.26 Å². The molecule has 0 aliphatic rings. The zero-order valence-electron chi connectivity index (χ0n) is 12.7. The van der Waals surface area contributed by atoms with Crippen molar-refractivity contribution in [3.05, 3.63) is 65.2 Å². The minimum atomic E-state index is -0.0254. The molecule has 3 heteroatoms. The lowest BCUT2D eigenvalue weighted by Crippen LogP contribution is -2.37. The molecule has 2 unspecified atom stereocenters. The van der Waals surface area contributed by atoms with Crippen LogP contribution in [0.1, 0.15) is 29.7 Å². The van der Waals surface area contributed by atoms with Crippen molar-refractivity contribution < 1.29 is 0 Å². The fraction of sp³-hybridized carbons (Fsp3) is 0.278. The first kappa shape index (κ1) is 15.1. The van der Waals surface area contributed by atoms with Crippen LogP contribution in [0.2, 0.25) is 0 Å². The van der Waals surface area contributed by atoms with E-state index in [1.165, 1.54) is 11.1 Å². The van der Waals surface area contributed by atoms with Gasteiger partial charge in [0.15, 0.2) is 0 Å². The summed E-state index contributed by atoms with van der Waals surface area (Å²) in [6, 6.07) is 18.2. The summed E-state index contributed by atoms with van der Waals surface area (Å²) in [6.45, 7) is 4.09. The van der Waals surface area contributed by atoms with Crippen LogP contribution in [0.25, 0.3) is 0 Å². The van der Waals surface area contributed by atoms with Gasteiger partial charge in [-0.15, -0.1) is 0 Å². The molecule has 0 aromatic heterocycles. The van der Waals surface area contributed by atoms with Crippen molar-refractivity contribution in [3.63, 3.8) is 0 Å². The second-order valence-corrected chi connectivity index (χ2v) is 5.49. The number of hydrogen-bond acceptors (Lipinski definition) is 3. The van der Waals surface area contributed by atoms with E-state index in [1.807, 2.05) is 38.2 Å². The smallest absolute Gasteiger partial charge is 0.0992 e. The van der Waals surface area contributed by atoms with E-state index in [9.17, 15) is 0 Å². The van der Waals surface area contributed by atoms with Crippen molar-refractivity contribution in [2.75, 3.05) is 11.9 Å². The SMILES string of the molecule is Cc1cccc(C(C(C)N)N(C)c2cccc(C#N)c2)c1. The maximum absolute atomic E-state index is 9.05. The Morgan fingerprint density at radius 2 is 1.86 bits per heavy atom. The number of nitrogens with zero attached hydrogens (tertiary/aromatic N) is 2. The summed E-state index contributed by atoms with van der Waals surface area (Å²) in [5.41, 5.74) is 10.3. The van der Waals surface area contributed by atoms with Gasteiger partial charge in [0.2, 0.25) is 0 Å². The third-order valence-electron chi connectivity index (χ3n) is 3.68. The van der Waals surface area contributed by atoms with Gasteiger partial charge in [0.05, 0.1) is 17.7 Å². The van der Waals surface area contributed by atoms with Gasteiger partial charge < -0.3 is 10.6 Å². The van der Waals surface area contributed by atoms with Crippen LogP contribution in [-0.2, 0) is 0 Å². The zero-order valence-corrected chi connectivity index (χ0v) is 12.7. The molecule has 0 aliphatic carbocycles. The molecule has 2 aromatic rings. The number of hydrogen-bond donors (Lipinski definition) is 1. The summed E-state index contributed by atoms with van der Waals surface area (Å²) in [5, 5.41) is 9.05. The molecule has 2 rings (SSSR count). The summed E-state index contributed by atoms with van der Waals surface area (Å²) in [6.07, 6.45) is 0. The quantitative estimate of drug-likeness (QED) is 0.933. The van der Waals surface area contributed by atoms with Crippen molar-refractivity contribution in [2.24, 2.45) is 5.73 Å². The van der Waals surface area contributed by atoms with E-state index in [4.69, 9.17) is 11.0 Å². The fourth-order valence-corrected chi connectivity index (χ4v) is 2.69. The van der Waals surface area contributed by atoms with Gasteiger partial charge in [-0.25, -0.2) is 0 Å². The number of likely N-dealkylation sites (N-methyl/N-ethyl adjacent to an activating group) is 1. The zero-order chi connectivity index (χ0) is 15.4. The molecule has 3 nitrogen and oxygen atoms in total. The van der Waals surface area contributed by atoms with E-state index in [1.54, 1.807) is 0 Å². The molecule has 2 atom stereocenters. The lowest BCUT2D eigenvalue weighted by molar-refractivity contribution is 0.558. The van der Waals surface area contributed by atoms with Crippen molar-refractivity contribution in [3.8, 4) is 6.07 Å². The Labute approximate surface area is 126 Å². The second kappa shape index (κ2) is 6.43. The monoisotopic (exact) mass is 279 g/mol. The van der Waals surface area contributed by atoms with E-state index in [-0.39, 0.29) is 12.1 Å². The number of anilines is 1. The fourth-order valence-electron chi connectivity index (χ4n) is 2.69. The molecule has 0 amide bonds. The van der Waals surface area contributed by atoms with Crippen molar-refractivity contribution in [2.45, 2.75) is 25.9 Å². The largest absolute Gasteiger partial charge is 0.366 e. The van der Waals surface area contributed by atoms with Crippen LogP contribution in [0.15, 0.2) is 48.5 Å². The molecule has 0 saturated heterocycles. The first-order chi connectivity index (χ1) is 10.0. The first-order valence-corrected chi connectivity index (χ1v) is 7.08. The molecular formula is C18H21N3. The topological polar surface area (TPSA) is 53.0 Å². The molecule has 2 aromatic carbocycles. The Hall–Kier alpha value is -2.31. The van der Waals surface area contributed by atoms with Crippen LogP contribution in [0.4, 0.5) is 5.69 Å². The molecular weight excluding hydrogens is 258 g/mol. The lowest BCUT2D eigenvalue weighted by atomic mass is 9.97. The highest BCUT2D eigenvalue weighted by Gasteiger charge is 2.21. The summed E-state index contributed by atoms with van der Waals surface area (Å²) in [5.74, 6) is 0. The van der Waals surface area contributed by atoms with Crippen LogP contribution >= 0.6 is 0 Å². The molecule has 108 valence electrons. The van der Waals surface area contributed by atoms with E-state index in [0.29, 0.717) is 5.56 Å². The normalized spacial score (nSPS) is 13.3. The van der Waals surface area contributed by atoms with E-state index >= 15 is 0 Å². The Morgan fingerprint density at radius 1 is 1.14 bits per heavy atom. The molecule has 0 bridgehead atoms. The summed E-state index contributed by atoms with van der Waals surface area (Å²) in [7, 11) is 2.02. The van der Waals surface area contributed by atoms with Gasteiger partial charge in [-0.1, -0.05) is 35.9 Å². The van der Waals surface area contributed by atoms with Gasteiger partial charge in [0, 0.05) is 18.8 Å². The Morgan fingerprint density at radius 3 is 2.48 bits per heavy atom. The molecule has 21 heavy (non-hydrogen) atoms. The molecule has 0 fully saturated rings. The van der Waals surface area contributed by atoms with Crippen LogP contribution in [-0.4, -0.2) is 13.1 Å². The van der Waals surface area contributed by atoms with E-state index < -0.39 is 0 Å². The van der Waals surface area contributed by atoms with Crippen LogP contribution < -0.4 is 10.6 Å². The van der Waals surface area contributed by atoms with Crippen LogP contribution in [0.3, 0.4) is 0 Å². The maximum Gasteiger partial charge on any atom is 0.0992 e. The standard InChI is InChI=1S/C18H21N3/c1-13-6-4-8-16(10-13)18(14(2)20)21(3)17-9-5-7-15(11-17)12-19/h4-11,14,18H,20H2,1-3H3. The van der Waals surface area contributed by atoms with Crippen LogP contribution in [0, 0.1) is 18.3 Å². The molecule has 2 N–H and O–H groups in total. The van der Waals surface area contributed by atoms with Gasteiger partial charge in [0.25, 0.3) is 0 Å². The number of nitriles is 1. The van der Waals surface area contributed by atoms with Gasteiger partial charge in [0.1, 0.15) is 0 Å². The average molecular weight is 279 g/mol. The highest BCUT2D eigenvalue weighted by Crippen LogP contribution is 2.28. The number of aryl methyl sites for hydroxylation is 1. The highest BCUT2D eigenvalue weighted by atomic mass is 15.1. The molecule has 0 saturated carbocycles. The van der Waals surface area contributed by atoms with Gasteiger partial charge in [-0.05, 0) is 37.6 Å². The third-order valence-corrected chi connectivity index (χ3v) is 3.68. The Kier molecular flexibility index (Phi) is 4.62. The first-order valence-electron chi connectivity index (χ1n) is 7.08. The highest BCUT2D eigenvalue weighted by molar-refractivity contribution is 5.53. The summed E-state index contributed by atoms with van der Waals surface area (Å²) in [4.78, 5) is 2.14. The molecule has 0 radical (unpaired) electrons. The Balaban J connectivity index is 2.40. The second-order valence-electron chi connectivity index (χ2n) is 5.49. The summed E-state index contributed by atoms with van der Waals surface area (Å²) >= 11 is 0. The van der Waals surface area contributed by atoms with Crippen molar-refractivity contribution in [1.29, 1.82) is 5.26 Å². The van der Waals surface area contributed by atoms with Crippen LogP contribution in [0.5, 0.6) is 0 Å². The van der Waals surface area contributed by atoms with Gasteiger partial charge in [-0.3, -0.25) is 0 Å². The molecule has 0 aliphatic heterocycles. The predicted octanol–water partition coefficient (Wildman–Crippen LogP) is 3.39. The minimum absolute atomic E-state index is 0.0254. The van der Waals surface area contributed by atoms with Gasteiger partial charge >= 0.3 is 0 Å². The third kappa shape index (κ3) is 3.42. The lowest BCUT2D eigenvalue weighted by Gasteiger charge is -2.33. The number of rotatable bonds is 4. The summed E-state index contributed by atoms with van der Waals surface area (Å²) < 4.78 is 0. The minimum Gasteiger partial charge on any atom is -0.366 e. The van der Waals surface area contributed by atoms with E-state index in [2.05, 4.69) is 42.2 Å². The van der Waals surface area contributed by atoms with Crippen molar-refractivity contribution in [1.82, 2.24) is 0 Å². The number of nitrogens with two attached hydrogens (primary N) is 1. The van der Waals surface area contributed by atoms with Crippen molar-refractivity contribution >= 4 is 5.69 Å². The maximum atomic E-state index is 9.05. The number of benzene rings is 2. The van der Waals surface area contributed by atoms with E-state index in [0.717, 1.165) is 5.69 Å². The average Bonchev–Trinajstić information content (AvgIpc) is 2.47. The molecule has 0 spiro atoms.